The predicted octanol–water partition coefficient (Wildman–Crippen LogP) is 4.11. The first kappa shape index (κ1) is 12.8. The van der Waals surface area contributed by atoms with Crippen LogP contribution in [0.4, 0.5) is 0 Å². The number of benzene rings is 2. The first-order valence-electron chi connectivity index (χ1n) is 6.21. The maximum Gasteiger partial charge on any atom is 0.341 e. The van der Waals surface area contributed by atoms with Crippen LogP contribution in [0.3, 0.4) is 0 Å². The molecule has 0 aliphatic carbocycles. The number of carbonyl (C=O) groups is 1. The summed E-state index contributed by atoms with van der Waals surface area (Å²) in [6, 6.07) is 17.7. The van der Waals surface area contributed by atoms with E-state index in [9.17, 15) is 4.79 Å². The minimum atomic E-state index is -0.319. The summed E-state index contributed by atoms with van der Waals surface area (Å²) in [5, 5.41) is 1.70. The minimum Gasteiger partial charge on any atom is -0.465 e. The van der Waals surface area contributed by atoms with Gasteiger partial charge in [0.05, 0.1) is 17.7 Å². The van der Waals surface area contributed by atoms with E-state index in [1.807, 2.05) is 54.6 Å². The van der Waals surface area contributed by atoms with Crippen molar-refractivity contribution in [3.8, 4) is 0 Å². The van der Waals surface area contributed by atoms with E-state index >= 15 is 0 Å². The Morgan fingerprint density at radius 2 is 1.75 bits per heavy atom. The lowest BCUT2D eigenvalue weighted by Gasteiger charge is -2.02. The van der Waals surface area contributed by atoms with Crippen LogP contribution in [0.15, 0.2) is 64.5 Å². The summed E-state index contributed by atoms with van der Waals surface area (Å²) in [5.41, 5.74) is 1.53. The Morgan fingerprint density at radius 1 is 1.05 bits per heavy atom. The van der Waals surface area contributed by atoms with Gasteiger partial charge in [-0.3, -0.25) is 0 Å². The van der Waals surface area contributed by atoms with Crippen LogP contribution in [0, 0.1) is 0 Å². The fourth-order valence-corrected chi connectivity index (χ4v) is 3.09. The van der Waals surface area contributed by atoms with Crippen LogP contribution < -0.4 is 0 Å². The molecule has 1 heterocycles. The highest BCUT2D eigenvalue weighted by atomic mass is 32.2. The van der Waals surface area contributed by atoms with E-state index in [0.717, 1.165) is 20.8 Å². The van der Waals surface area contributed by atoms with E-state index in [0.29, 0.717) is 5.56 Å². The number of fused-ring (bicyclic) bond motifs is 1. The first-order valence-corrected chi connectivity index (χ1v) is 7.03. The number of methoxy groups -OCH3 is 1. The van der Waals surface area contributed by atoms with E-state index in [2.05, 4.69) is 4.98 Å². The van der Waals surface area contributed by atoms with Gasteiger partial charge in [-0.15, -0.1) is 0 Å². The SMILES string of the molecule is COC(=O)c1c(Sc2ccccc2)[nH]c2ccccc12. The summed E-state index contributed by atoms with van der Waals surface area (Å²) in [6.45, 7) is 0. The molecule has 0 amide bonds. The highest BCUT2D eigenvalue weighted by Gasteiger charge is 2.19. The highest BCUT2D eigenvalue weighted by Crippen LogP contribution is 2.34. The van der Waals surface area contributed by atoms with E-state index in [-0.39, 0.29) is 5.97 Å². The normalized spacial score (nSPS) is 10.7. The van der Waals surface area contributed by atoms with Gasteiger partial charge in [0.25, 0.3) is 0 Å². The van der Waals surface area contributed by atoms with Crippen LogP contribution >= 0.6 is 11.8 Å². The number of aromatic nitrogens is 1. The smallest absolute Gasteiger partial charge is 0.341 e. The van der Waals surface area contributed by atoms with Crippen LogP contribution in [-0.4, -0.2) is 18.1 Å². The molecule has 3 nitrogen and oxygen atoms in total. The van der Waals surface area contributed by atoms with E-state index < -0.39 is 0 Å². The zero-order valence-electron chi connectivity index (χ0n) is 10.9. The van der Waals surface area contributed by atoms with Crippen molar-refractivity contribution < 1.29 is 9.53 Å². The van der Waals surface area contributed by atoms with Gasteiger partial charge in [-0.05, 0) is 18.2 Å². The first-order chi connectivity index (χ1) is 9.79. The van der Waals surface area contributed by atoms with Crippen molar-refractivity contribution in [2.45, 2.75) is 9.92 Å². The zero-order chi connectivity index (χ0) is 13.9. The van der Waals surface area contributed by atoms with Crippen LogP contribution in [0.5, 0.6) is 0 Å². The molecule has 0 spiro atoms. The van der Waals surface area contributed by atoms with Gasteiger partial charge in [0, 0.05) is 15.8 Å². The van der Waals surface area contributed by atoms with Gasteiger partial charge in [-0.2, -0.15) is 0 Å². The number of carbonyl (C=O) groups excluding carboxylic acids is 1. The molecule has 1 N–H and O–H groups in total. The molecular formula is C16H13NO2S. The van der Waals surface area contributed by atoms with Gasteiger partial charge in [-0.25, -0.2) is 4.79 Å². The Kier molecular flexibility index (Phi) is 3.48. The number of rotatable bonds is 3. The Bertz CT molecular complexity index is 750. The summed E-state index contributed by atoms with van der Waals surface area (Å²) in [4.78, 5) is 16.4. The van der Waals surface area contributed by atoms with Gasteiger partial charge in [0.2, 0.25) is 0 Å². The summed E-state index contributed by atoms with van der Waals surface area (Å²) < 4.78 is 4.91. The molecule has 0 atom stereocenters. The standard InChI is InChI=1S/C16H13NO2S/c1-19-16(18)14-12-9-5-6-10-13(12)17-15(14)20-11-7-3-2-4-8-11/h2-10,17H,1H3. The quantitative estimate of drug-likeness (QED) is 0.736. The fraction of sp³-hybridized carbons (Fsp3) is 0.0625. The Balaban J connectivity index is 2.12. The summed E-state index contributed by atoms with van der Waals surface area (Å²) in [5.74, 6) is -0.319. The van der Waals surface area contributed by atoms with Crippen molar-refractivity contribution in [1.29, 1.82) is 0 Å². The Hall–Kier alpha value is -2.20. The average Bonchev–Trinajstić information content (AvgIpc) is 2.85. The van der Waals surface area contributed by atoms with Crippen molar-refractivity contribution in [1.82, 2.24) is 4.98 Å². The third-order valence-corrected chi connectivity index (χ3v) is 4.04. The zero-order valence-corrected chi connectivity index (χ0v) is 11.7. The highest BCUT2D eigenvalue weighted by molar-refractivity contribution is 7.99. The number of hydrogen-bond acceptors (Lipinski definition) is 3. The Morgan fingerprint density at radius 3 is 2.50 bits per heavy atom. The summed E-state index contributed by atoms with van der Waals surface area (Å²) in [7, 11) is 1.40. The maximum atomic E-state index is 12.0. The molecule has 0 aliphatic rings. The number of esters is 1. The maximum absolute atomic E-state index is 12.0. The van der Waals surface area contributed by atoms with Crippen LogP contribution in [0.2, 0.25) is 0 Å². The van der Waals surface area contributed by atoms with E-state index in [1.165, 1.54) is 18.9 Å². The molecule has 0 unspecified atom stereocenters. The summed E-state index contributed by atoms with van der Waals surface area (Å²) >= 11 is 1.53. The van der Waals surface area contributed by atoms with Gasteiger partial charge in [0.15, 0.2) is 0 Å². The molecule has 100 valence electrons. The number of para-hydroxylation sites is 1. The molecule has 3 aromatic rings. The molecule has 0 radical (unpaired) electrons. The molecule has 0 fully saturated rings. The van der Waals surface area contributed by atoms with Gasteiger partial charge < -0.3 is 9.72 Å². The van der Waals surface area contributed by atoms with Crippen molar-refractivity contribution >= 4 is 28.6 Å². The topological polar surface area (TPSA) is 42.1 Å². The number of nitrogens with one attached hydrogen (secondary N) is 1. The molecule has 4 heteroatoms. The van der Waals surface area contributed by atoms with E-state index in [1.54, 1.807) is 0 Å². The predicted molar refractivity (Wildman–Crippen MR) is 80.2 cm³/mol. The Labute approximate surface area is 121 Å². The number of aromatic amines is 1. The third kappa shape index (κ3) is 2.30. The van der Waals surface area contributed by atoms with Crippen LogP contribution in [0.1, 0.15) is 10.4 Å². The minimum absolute atomic E-state index is 0.319. The average molecular weight is 283 g/mol. The number of hydrogen-bond donors (Lipinski definition) is 1. The van der Waals surface area contributed by atoms with Gasteiger partial charge >= 0.3 is 5.97 Å². The molecule has 0 bridgehead atoms. The molecule has 20 heavy (non-hydrogen) atoms. The van der Waals surface area contributed by atoms with Crippen molar-refractivity contribution in [2.24, 2.45) is 0 Å². The monoisotopic (exact) mass is 283 g/mol. The summed E-state index contributed by atoms with van der Waals surface area (Å²) in [6.07, 6.45) is 0. The van der Waals surface area contributed by atoms with Crippen LogP contribution in [0.25, 0.3) is 10.9 Å². The fourth-order valence-electron chi connectivity index (χ4n) is 2.10. The van der Waals surface area contributed by atoms with Crippen LogP contribution in [-0.2, 0) is 4.74 Å². The molecule has 0 aliphatic heterocycles. The third-order valence-electron chi connectivity index (χ3n) is 3.02. The largest absolute Gasteiger partial charge is 0.465 e. The number of H-pyrrole nitrogens is 1. The van der Waals surface area contributed by atoms with Gasteiger partial charge in [0.1, 0.15) is 0 Å². The van der Waals surface area contributed by atoms with Crippen molar-refractivity contribution in [3.63, 3.8) is 0 Å². The lowest BCUT2D eigenvalue weighted by Crippen LogP contribution is -2.01. The molecule has 1 aromatic heterocycles. The molecular weight excluding hydrogens is 270 g/mol. The lowest BCUT2D eigenvalue weighted by molar-refractivity contribution is 0.0599. The lowest BCUT2D eigenvalue weighted by atomic mass is 10.2. The van der Waals surface area contributed by atoms with Crippen molar-refractivity contribution in [3.05, 3.63) is 60.2 Å². The molecule has 0 saturated carbocycles. The second-order valence-corrected chi connectivity index (χ2v) is 5.37. The molecule has 0 saturated heterocycles. The second-order valence-electron chi connectivity index (χ2n) is 4.28. The van der Waals surface area contributed by atoms with Gasteiger partial charge in [-0.1, -0.05) is 48.2 Å². The molecule has 2 aromatic carbocycles. The van der Waals surface area contributed by atoms with E-state index in [4.69, 9.17) is 4.74 Å². The van der Waals surface area contributed by atoms with Crippen molar-refractivity contribution in [2.75, 3.05) is 7.11 Å². The number of ether oxygens (including phenoxy) is 1. The molecule has 3 rings (SSSR count). The second kappa shape index (κ2) is 5.43.